The first-order valence-corrected chi connectivity index (χ1v) is 10.1. The maximum Gasteiger partial charge on any atom is 0.155 e. The van der Waals surface area contributed by atoms with Gasteiger partial charge in [-0.2, -0.15) is 5.10 Å². The minimum absolute atomic E-state index is 0.0219. The van der Waals surface area contributed by atoms with Crippen molar-refractivity contribution < 1.29 is 9.18 Å². The highest BCUT2D eigenvalue weighted by Gasteiger charge is 2.40. The van der Waals surface area contributed by atoms with Crippen LogP contribution in [-0.4, -0.2) is 15.6 Å². The van der Waals surface area contributed by atoms with Crippen LogP contribution in [0.5, 0.6) is 0 Å². The highest BCUT2D eigenvalue weighted by Crippen LogP contribution is 2.48. The Bertz CT molecular complexity index is 1110. The predicted molar refractivity (Wildman–Crippen MR) is 108 cm³/mol. The third kappa shape index (κ3) is 2.55. The van der Waals surface area contributed by atoms with Crippen LogP contribution in [0, 0.1) is 5.82 Å². The Morgan fingerprint density at radius 1 is 1.14 bits per heavy atom. The predicted octanol–water partition coefficient (Wildman–Crippen LogP) is 5.44. The first-order valence-electron chi connectivity index (χ1n) is 10.1. The van der Waals surface area contributed by atoms with Gasteiger partial charge in [-0.25, -0.2) is 9.07 Å². The van der Waals surface area contributed by atoms with E-state index in [0.29, 0.717) is 6.42 Å². The van der Waals surface area contributed by atoms with Gasteiger partial charge in [0.1, 0.15) is 5.82 Å². The Hall–Kier alpha value is -2.75. The van der Waals surface area contributed by atoms with Crippen molar-refractivity contribution in [2.24, 2.45) is 0 Å². The molecule has 0 aliphatic heterocycles. The summed E-state index contributed by atoms with van der Waals surface area (Å²) in [4.78, 5) is 12.1. The zero-order valence-electron chi connectivity index (χ0n) is 16.0. The SMILES string of the molecule is CC[C@@]12CCC(=O)C=C1CCCc1cc3c(cnn3-c3ccc(F)cc3)cc12. The lowest BCUT2D eigenvalue weighted by molar-refractivity contribution is -0.115. The smallest absolute Gasteiger partial charge is 0.155 e. The van der Waals surface area contributed by atoms with Crippen LogP contribution in [0.3, 0.4) is 0 Å². The molecular formula is C24H23FN2O. The van der Waals surface area contributed by atoms with Crippen LogP contribution in [0.2, 0.25) is 0 Å². The third-order valence-electron chi connectivity index (χ3n) is 6.62. The topological polar surface area (TPSA) is 34.9 Å². The molecule has 0 N–H and O–H groups in total. The van der Waals surface area contributed by atoms with Crippen molar-refractivity contribution in [2.45, 2.75) is 50.9 Å². The van der Waals surface area contributed by atoms with Gasteiger partial charge in [-0.3, -0.25) is 4.79 Å². The van der Waals surface area contributed by atoms with Crippen molar-refractivity contribution in [1.82, 2.24) is 9.78 Å². The molecule has 5 rings (SSSR count). The molecule has 1 aromatic heterocycles. The average Bonchev–Trinajstić information content (AvgIpc) is 3.04. The molecule has 142 valence electrons. The van der Waals surface area contributed by atoms with Crippen molar-refractivity contribution >= 4 is 16.7 Å². The lowest BCUT2D eigenvalue weighted by atomic mass is 9.65. The van der Waals surface area contributed by atoms with E-state index in [1.165, 1.54) is 28.8 Å². The fourth-order valence-corrected chi connectivity index (χ4v) is 5.14. The Kier molecular flexibility index (Phi) is 3.97. The molecule has 1 atom stereocenters. The van der Waals surface area contributed by atoms with Crippen LogP contribution in [0.25, 0.3) is 16.6 Å². The van der Waals surface area contributed by atoms with Crippen LogP contribution in [-0.2, 0) is 16.6 Å². The van der Waals surface area contributed by atoms with E-state index in [1.54, 1.807) is 12.1 Å². The number of hydrogen-bond acceptors (Lipinski definition) is 2. The molecule has 0 unspecified atom stereocenters. The minimum Gasteiger partial charge on any atom is -0.295 e. The molecule has 3 nitrogen and oxygen atoms in total. The fourth-order valence-electron chi connectivity index (χ4n) is 5.14. The normalized spacial score (nSPS) is 21.8. The summed E-state index contributed by atoms with van der Waals surface area (Å²) >= 11 is 0. The summed E-state index contributed by atoms with van der Waals surface area (Å²) in [5, 5.41) is 5.67. The number of rotatable bonds is 2. The van der Waals surface area contributed by atoms with Crippen LogP contribution in [0.15, 0.2) is 54.2 Å². The molecular weight excluding hydrogens is 351 g/mol. The molecule has 2 aliphatic rings. The Balaban J connectivity index is 1.71. The third-order valence-corrected chi connectivity index (χ3v) is 6.62. The summed E-state index contributed by atoms with van der Waals surface area (Å²) in [5.41, 5.74) is 5.94. The average molecular weight is 374 g/mol. The van der Waals surface area contributed by atoms with E-state index in [-0.39, 0.29) is 17.0 Å². The van der Waals surface area contributed by atoms with E-state index in [2.05, 4.69) is 24.2 Å². The molecule has 1 heterocycles. The number of aromatic nitrogens is 2. The van der Waals surface area contributed by atoms with E-state index in [1.807, 2.05) is 17.0 Å². The standard InChI is InChI=1S/C24H23FN2O/c1-2-24-11-10-21(28)14-18(24)5-3-4-16-13-23-17(12-22(16)24)15-26-27(23)20-8-6-19(25)7-9-20/h6-9,12-15H,2-5,10-11H2,1H3/t24-/m1/s1. The number of hydrogen-bond donors (Lipinski definition) is 0. The molecule has 2 aromatic carbocycles. The number of carbonyl (C=O) groups excluding carboxylic acids is 1. The maximum atomic E-state index is 13.3. The Labute approximate surface area is 163 Å². The summed E-state index contributed by atoms with van der Waals surface area (Å²) in [7, 11) is 0. The number of fused-ring (bicyclic) bond motifs is 4. The van der Waals surface area contributed by atoms with E-state index in [4.69, 9.17) is 0 Å². The van der Waals surface area contributed by atoms with Crippen molar-refractivity contribution in [3.8, 4) is 5.69 Å². The van der Waals surface area contributed by atoms with Crippen LogP contribution in [0.4, 0.5) is 4.39 Å². The molecule has 0 saturated heterocycles. The number of carbonyl (C=O) groups is 1. The molecule has 0 saturated carbocycles. The quantitative estimate of drug-likeness (QED) is 0.599. The number of nitrogens with zero attached hydrogens (tertiary/aromatic N) is 2. The Morgan fingerprint density at radius 2 is 1.96 bits per heavy atom. The second-order valence-corrected chi connectivity index (χ2v) is 8.03. The van der Waals surface area contributed by atoms with Crippen molar-refractivity contribution in [1.29, 1.82) is 0 Å². The van der Waals surface area contributed by atoms with Gasteiger partial charge in [0.05, 0.1) is 17.4 Å². The number of benzene rings is 2. The first-order chi connectivity index (χ1) is 13.6. The Morgan fingerprint density at radius 3 is 2.75 bits per heavy atom. The lowest BCUT2D eigenvalue weighted by Gasteiger charge is -2.38. The number of ketones is 1. The second-order valence-electron chi connectivity index (χ2n) is 8.03. The van der Waals surface area contributed by atoms with E-state index < -0.39 is 0 Å². The monoisotopic (exact) mass is 374 g/mol. The summed E-state index contributed by atoms with van der Waals surface area (Å²) in [6.07, 6.45) is 9.42. The van der Waals surface area contributed by atoms with Crippen molar-refractivity contribution in [3.05, 3.63) is 71.2 Å². The molecule has 4 heteroatoms. The molecule has 2 aliphatic carbocycles. The van der Waals surface area contributed by atoms with Gasteiger partial charge in [-0.1, -0.05) is 12.5 Å². The number of allylic oxidation sites excluding steroid dienone is 2. The largest absolute Gasteiger partial charge is 0.295 e. The molecule has 3 aromatic rings. The second kappa shape index (κ2) is 6.40. The highest BCUT2D eigenvalue weighted by atomic mass is 19.1. The van der Waals surface area contributed by atoms with Crippen LogP contribution in [0.1, 0.15) is 50.2 Å². The van der Waals surface area contributed by atoms with Gasteiger partial charge in [-0.15, -0.1) is 0 Å². The molecule has 0 radical (unpaired) electrons. The van der Waals surface area contributed by atoms with E-state index in [0.717, 1.165) is 48.7 Å². The fraction of sp³-hybridized carbons (Fsp3) is 0.333. The van der Waals surface area contributed by atoms with Gasteiger partial charge < -0.3 is 0 Å². The lowest BCUT2D eigenvalue weighted by Crippen LogP contribution is -2.32. The highest BCUT2D eigenvalue weighted by molar-refractivity contribution is 5.92. The zero-order valence-corrected chi connectivity index (χ0v) is 16.0. The van der Waals surface area contributed by atoms with Gasteiger partial charge in [0.2, 0.25) is 0 Å². The minimum atomic E-state index is -0.245. The van der Waals surface area contributed by atoms with Crippen molar-refractivity contribution in [3.63, 3.8) is 0 Å². The molecule has 0 fully saturated rings. The molecule has 0 spiro atoms. The molecule has 0 bridgehead atoms. The van der Waals surface area contributed by atoms with E-state index >= 15 is 0 Å². The molecule has 0 amide bonds. The van der Waals surface area contributed by atoms with Crippen LogP contribution >= 0.6 is 0 Å². The zero-order chi connectivity index (χ0) is 19.3. The summed E-state index contributed by atoms with van der Waals surface area (Å²) in [6.45, 7) is 2.24. The van der Waals surface area contributed by atoms with Gasteiger partial charge in [0, 0.05) is 17.2 Å². The van der Waals surface area contributed by atoms with Gasteiger partial charge in [0.15, 0.2) is 5.78 Å². The van der Waals surface area contributed by atoms with Crippen LogP contribution < -0.4 is 0 Å². The number of aryl methyl sites for hydroxylation is 1. The summed E-state index contributed by atoms with van der Waals surface area (Å²) in [6, 6.07) is 11.0. The van der Waals surface area contributed by atoms with Gasteiger partial charge in [0.25, 0.3) is 0 Å². The number of halogens is 1. The first kappa shape index (κ1) is 17.4. The van der Waals surface area contributed by atoms with E-state index in [9.17, 15) is 9.18 Å². The van der Waals surface area contributed by atoms with Gasteiger partial charge in [-0.05, 0) is 85.7 Å². The molecule has 28 heavy (non-hydrogen) atoms. The van der Waals surface area contributed by atoms with Gasteiger partial charge >= 0.3 is 0 Å². The summed E-state index contributed by atoms with van der Waals surface area (Å²) in [5.74, 6) is 0.0258. The van der Waals surface area contributed by atoms with Crippen molar-refractivity contribution in [2.75, 3.05) is 0 Å². The maximum absolute atomic E-state index is 13.3. The summed E-state index contributed by atoms with van der Waals surface area (Å²) < 4.78 is 15.2.